The van der Waals surface area contributed by atoms with Gasteiger partial charge in [-0.25, -0.2) is 0 Å². The molecule has 4 rings (SSSR count). The van der Waals surface area contributed by atoms with E-state index in [-0.39, 0.29) is 0 Å². The van der Waals surface area contributed by atoms with E-state index in [1.807, 2.05) is 6.07 Å². The molecular formula is C19H15O. The number of hydrogen-bond acceptors (Lipinski definition) is 1. The van der Waals surface area contributed by atoms with Crippen LogP contribution in [0.25, 0.3) is 32.3 Å². The van der Waals surface area contributed by atoms with E-state index in [2.05, 4.69) is 55.5 Å². The molecule has 0 saturated carbocycles. The maximum Gasteiger partial charge on any atom is 0.0796 e. The summed E-state index contributed by atoms with van der Waals surface area (Å²) in [7, 11) is 0. The molecule has 0 aliphatic heterocycles. The van der Waals surface area contributed by atoms with Gasteiger partial charge in [0.05, 0.1) is 6.10 Å². The summed E-state index contributed by atoms with van der Waals surface area (Å²) >= 11 is 0. The molecule has 0 spiro atoms. The number of hydrogen-bond donors (Lipinski definition) is 1. The van der Waals surface area contributed by atoms with Gasteiger partial charge in [-0.3, -0.25) is 0 Å². The minimum atomic E-state index is -0.500. The molecule has 0 heterocycles. The molecule has 1 N–H and O–H groups in total. The Bertz CT molecular complexity index is 892. The van der Waals surface area contributed by atoms with Gasteiger partial charge in [-0.1, -0.05) is 61.5 Å². The highest BCUT2D eigenvalue weighted by Gasteiger charge is 2.13. The topological polar surface area (TPSA) is 20.2 Å². The van der Waals surface area contributed by atoms with Gasteiger partial charge in [-0.05, 0) is 44.3 Å². The van der Waals surface area contributed by atoms with Crippen LogP contribution in [-0.4, -0.2) is 5.11 Å². The van der Waals surface area contributed by atoms with Crippen LogP contribution in [0.1, 0.15) is 18.1 Å². The molecule has 1 atom stereocenters. The van der Waals surface area contributed by atoms with E-state index in [0.717, 1.165) is 10.9 Å². The zero-order valence-corrected chi connectivity index (χ0v) is 11.1. The van der Waals surface area contributed by atoms with Crippen molar-refractivity contribution in [3.05, 3.63) is 67.1 Å². The highest BCUT2D eigenvalue weighted by atomic mass is 16.3. The first-order chi connectivity index (χ1) is 9.79. The zero-order chi connectivity index (χ0) is 13.7. The smallest absolute Gasteiger partial charge is 0.0796 e. The Balaban J connectivity index is 2.26. The molecule has 97 valence electrons. The van der Waals surface area contributed by atoms with Crippen molar-refractivity contribution in [2.45, 2.75) is 12.5 Å². The summed E-state index contributed by atoms with van der Waals surface area (Å²) in [6, 6.07) is 19.1. The van der Waals surface area contributed by atoms with Crippen molar-refractivity contribution in [2.24, 2.45) is 0 Å². The third-order valence-electron chi connectivity index (χ3n) is 4.19. The molecule has 0 bridgehead atoms. The first-order valence-electron chi connectivity index (χ1n) is 6.93. The highest BCUT2D eigenvalue weighted by molar-refractivity contribution is 6.23. The predicted octanol–water partition coefficient (Wildman–Crippen LogP) is 4.84. The van der Waals surface area contributed by atoms with Crippen LogP contribution in [0, 0.1) is 6.92 Å². The summed E-state index contributed by atoms with van der Waals surface area (Å²) in [5.74, 6) is 0. The van der Waals surface area contributed by atoms with Crippen molar-refractivity contribution in [2.75, 3.05) is 0 Å². The fourth-order valence-electron chi connectivity index (χ4n) is 3.20. The second-order valence-corrected chi connectivity index (χ2v) is 5.32. The number of rotatable bonds is 2. The first-order valence-corrected chi connectivity index (χ1v) is 6.93. The fraction of sp³-hybridized carbons (Fsp3) is 0.105. The molecule has 4 aromatic rings. The van der Waals surface area contributed by atoms with Gasteiger partial charge in [-0.15, -0.1) is 0 Å². The van der Waals surface area contributed by atoms with Crippen LogP contribution in [0.5, 0.6) is 0 Å². The zero-order valence-electron chi connectivity index (χ0n) is 11.1. The molecule has 20 heavy (non-hydrogen) atoms. The normalized spacial score (nSPS) is 13.5. The fourth-order valence-corrected chi connectivity index (χ4v) is 3.20. The monoisotopic (exact) mass is 259 g/mol. The van der Waals surface area contributed by atoms with Gasteiger partial charge in [0.25, 0.3) is 0 Å². The van der Waals surface area contributed by atoms with Crippen LogP contribution in [0.15, 0.2) is 54.6 Å². The average molecular weight is 259 g/mol. The summed E-state index contributed by atoms with van der Waals surface area (Å²) in [6.45, 7) is 3.82. The lowest BCUT2D eigenvalue weighted by atomic mass is 9.90. The van der Waals surface area contributed by atoms with Crippen molar-refractivity contribution in [3.8, 4) is 0 Å². The van der Waals surface area contributed by atoms with E-state index in [1.54, 1.807) is 0 Å². The first kappa shape index (κ1) is 11.7. The molecule has 0 aliphatic carbocycles. The number of benzene rings is 4. The van der Waals surface area contributed by atoms with Crippen molar-refractivity contribution in [1.29, 1.82) is 0 Å². The number of aliphatic hydroxyl groups excluding tert-OH is 1. The summed E-state index contributed by atoms with van der Waals surface area (Å²) < 4.78 is 0. The Morgan fingerprint density at radius 1 is 0.800 bits per heavy atom. The van der Waals surface area contributed by atoms with E-state index in [4.69, 9.17) is 0 Å². The Kier molecular flexibility index (Phi) is 2.45. The number of aliphatic hydroxyl groups is 1. The summed E-state index contributed by atoms with van der Waals surface area (Å²) in [4.78, 5) is 0. The third kappa shape index (κ3) is 1.47. The molecule has 1 radical (unpaired) electrons. The molecular weight excluding hydrogens is 244 g/mol. The summed E-state index contributed by atoms with van der Waals surface area (Å²) in [6.07, 6.45) is -0.0104. The van der Waals surface area contributed by atoms with E-state index in [9.17, 15) is 5.11 Å². The van der Waals surface area contributed by atoms with Crippen molar-refractivity contribution >= 4 is 32.3 Å². The van der Waals surface area contributed by atoms with Crippen molar-refractivity contribution in [3.63, 3.8) is 0 Å². The maximum absolute atomic E-state index is 10.2. The van der Waals surface area contributed by atoms with Gasteiger partial charge in [0.15, 0.2) is 0 Å². The van der Waals surface area contributed by atoms with Gasteiger partial charge in [0.1, 0.15) is 0 Å². The molecule has 0 saturated heterocycles. The van der Waals surface area contributed by atoms with E-state index < -0.39 is 6.10 Å². The van der Waals surface area contributed by atoms with E-state index in [1.165, 1.54) is 26.9 Å². The Hall–Kier alpha value is -2.12. The lowest BCUT2D eigenvalue weighted by Crippen LogP contribution is -1.97. The van der Waals surface area contributed by atoms with Gasteiger partial charge in [0.2, 0.25) is 0 Å². The minimum absolute atomic E-state index is 0.490. The van der Waals surface area contributed by atoms with Gasteiger partial charge >= 0.3 is 0 Å². The van der Waals surface area contributed by atoms with Gasteiger partial charge in [0, 0.05) is 0 Å². The molecule has 1 unspecified atom stereocenters. The second-order valence-electron chi connectivity index (χ2n) is 5.32. The molecule has 4 aromatic carbocycles. The van der Waals surface area contributed by atoms with Crippen LogP contribution in [-0.2, 0) is 0 Å². The van der Waals surface area contributed by atoms with Crippen LogP contribution < -0.4 is 0 Å². The quantitative estimate of drug-likeness (QED) is 0.511. The molecule has 1 heteroatoms. The summed E-state index contributed by atoms with van der Waals surface area (Å²) in [5.41, 5.74) is 0.978. The predicted molar refractivity (Wildman–Crippen MR) is 85.1 cm³/mol. The van der Waals surface area contributed by atoms with Gasteiger partial charge in [-0.2, -0.15) is 0 Å². The highest BCUT2D eigenvalue weighted by Crippen LogP contribution is 2.37. The largest absolute Gasteiger partial charge is 0.388 e. The van der Waals surface area contributed by atoms with Crippen molar-refractivity contribution in [1.82, 2.24) is 0 Å². The van der Waals surface area contributed by atoms with Crippen LogP contribution in [0.3, 0.4) is 0 Å². The SMILES string of the molecule is [CH2]CC(O)c1ccc2ccc3cccc4ccc1c2c34. The maximum atomic E-state index is 10.2. The Labute approximate surface area is 117 Å². The third-order valence-corrected chi connectivity index (χ3v) is 4.19. The second kappa shape index (κ2) is 4.19. The standard InChI is InChI=1S/C19H15O/c1-2-17(20)15-10-8-14-7-6-12-4-3-5-13-9-11-16(15)19(14)18(12)13/h3-11,17,20H,1-2H2. The van der Waals surface area contributed by atoms with E-state index >= 15 is 0 Å². The van der Waals surface area contributed by atoms with Crippen LogP contribution >= 0.6 is 0 Å². The minimum Gasteiger partial charge on any atom is -0.388 e. The lowest BCUT2D eigenvalue weighted by molar-refractivity contribution is 0.182. The molecule has 0 aliphatic rings. The molecule has 0 aromatic heterocycles. The van der Waals surface area contributed by atoms with Crippen molar-refractivity contribution < 1.29 is 5.11 Å². The average Bonchev–Trinajstić information content (AvgIpc) is 2.51. The molecule has 0 amide bonds. The van der Waals surface area contributed by atoms with Crippen LogP contribution in [0.4, 0.5) is 0 Å². The Morgan fingerprint density at radius 2 is 1.40 bits per heavy atom. The molecule has 1 nitrogen and oxygen atoms in total. The molecule has 0 fully saturated rings. The van der Waals surface area contributed by atoms with Gasteiger partial charge < -0.3 is 5.11 Å². The van der Waals surface area contributed by atoms with E-state index in [0.29, 0.717) is 6.42 Å². The Morgan fingerprint density at radius 3 is 2.10 bits per heavy atom. The van der Waals surface area contributed by atoms with Crippen LogP contribution in [0.2, 0.25) is 0 Å². The summed E-state index contributed by atoms with van der Waals surface area (Å²) in [5, 5.41) is 17.6. The lowest BCUT2D eigenvalue weighted by Gasteiger charge is -2.16.